The molecule has 0 aliphatic heterocycles. The number of hydrogen-bond acceptors (Lipinski definition) is 2. The molecule has 0 aliphatic carbocycles. The summed E-state index contributed by atoms with van der Waals surface area (Å²) in [4.78, 5) is 0. The molecular weight excluding hydrogens is 370 g/mol. The van der Waals surface area contributed by atoms with Gasteiger partial charge < -0.3 is 0 Å². The van der Waals surface area contributed by atoms with Gasteiger partial charge in [-0.2, -0.15) is 0 Å². The zero-order valence-electron chi connectivity index (χ0n) is 10.9. The fourth-order valence-corrected chi connectivity index (χ4v) is 3.90. The van der Waals surface area contributed by atoms with Crippen molar-refractivity contribution in [3.8, 4) is 0 Å². The van der Waals surface area contributed by atoms with Gasteiger partial charge in [-0.15, -0.1) is 5.10 Å². The number of rotatable bonds is 6. The van der Waals surface area contributed by atoms with Crippen molar-refractivity contribution in [1.82, 2.24) is 15.0 Å². The van der Waals surface area contributed by atoms with Gasteiger partial charge in [0.25, 0.3) is 0 Å². The first-order valence-corrected chi connectivity index (χ1v) is 8.43. The summed E-state index contributed by atoms with van der Waals surface area (Å²) in [5.74, 6) is 0. The molecule has 1 aromatic heterocycles. The monoisotopic (exact) mass is 385 g/mol. The van der Waals surface area contributed by atoms with Crippen molar-refractivity contribution in [1.29, 1.82) is 0 Å². The maximum atomic E-state index is 4.21. The van der Waals surface area contributed by atoms with E-state index in [4.69, 9.17) is 0 Å². The minimum Gasteiger partial charge on any atom is -0.255 e. The Balaban J connectivity index is 2.17. The Morgan fingerprint density at radius 1 is 1.11 bits per heavy atom. The van der Waals surface area contributed by atoms with Gasteiger partial charge in [-0.1, -0.05) is 67.4 Å². The third kappa shape index (κ3) is 3.89. The van der Waals surface area contributed by atoms with Crippen molar-refractivity contribution < 1.29 is 0 Å². The molecule has 19 heavy (non-hydrogen) atoms. The highest BCUT2D eigenvalue weighted by Gasteiger charge is 2.29. The first-order chi connectivity index (χ1) is 9.17. The van der Waals surface area contributed by atoms with Crippen LogP contribution in [0.3, 0.4) is 0 Å². The highest BCUT2D eigenvalue weighted by atomic mass is 79.9. The molecule has 0 saturated carbocycles. The van der Waals surface area contributed by atoms with Gasteiger partial charge in [0.15, 0.2) is 0 Å². The Morgan fingerprint density at radius 3 is 2.32 bits per heavy atom. The van der Waals surface area contributed by atoms with Gasteiger partial charge in [0, 0.05) is 30.3 Å². The van der Waals surface area contributed by atoms with Gasteiger partial charge in [0.2, 0.25) is 0 Å². The van der Waals surface area contributed by atoms with Gasteiger partial charge in [-0.05, 0) is 17.4 Å². The summed E-state index contributed by atoms with van der Waals surface area (Å²) in [6.07, 6.45) is 3.91. The predicted octanol–water partition coefficient (Wildman–Crippen LogP) is 3.38. The maximum Gasteiger partial charge on any atom is 0.0833 e. The summed E-state index contributed by atoms with van der Waals surface area (Å²) < 4.78 is 1.76. The van der Waals surface area contributed by atoms with Crippen LogP contribution in [-0.2, 0) is 19.9 Å². The van der Waals surface area contributed by atoms with Crippen molar-refractivity contribution in [3.63, 3.8) is 0 Å². The van der Waals surface area contributed by atoms with Crippen molar-refractivity contribution in [2.45, 2.75) is 12.8 Å². The lowest BCUT2D eigenvalue weighted by molar-refractivity contribution is 0.381. The Morgan fingerprint density at radius 2 is 1.79 bits per heavy atom. The average Bonchev–Trinajstić information content (AvgIpc) is 2.84. The van der Waals surface area contributed by atoms with Crippen LogP contribution < -0.4 is 0 Å². The highest BCUT2D eigenvalue weighted by Crippen LogP contribution is 2.31. The smallest absolute Gasteiger partial charge is 0.0833 e. The van der Waals surface area contributed by atoms with Crippen LogP contribution >= 0.6 is 31.9 Å². The molecule has 1 heterocycles. The van der Waals surface area contributed by atoms with E-state index in [-0.39, 0.29) is 5.41 Å². The number of alkyl halides is 2. The molecule has 0 spiro atoms. The summed E-state index contributed by atoms with van der Waals surface area (Å²) in [5, 5.41) is 10.1. The van der Waals surface area contributed by atoms with Crippen LogP contribution in [0, 0.1) is 5.41 Å². The second kappa shape index (κ2) is 6.66. The second-order valence-electron chi connectivity index (χ2n) is 4.99. The molecular formula is C14H17Br2N3. The van der Waals surface area contributed by atoms with Crippen molar-refractivity contribution in [2.75, 3.05) is 10.7 Å². The van der Waals surface area contributed by atoms with E-state index in [2.05, 4.69) is 72.5 Å². The summed E-state index contributed by atoms with van der Waals surface area (Å²) in [6, 6.07) is 10.6. The molecule has 3 nitrogen and oxygen atoms in total. The molecule has 0 bridgehead atoms. The molecule has 102 valence electrons. The lowest BCUT2D eigenvalue weighted by Gasteiger charge is -2.29. The zero-order chi connectivity index (χ0) is 13.7. The minimum atomic E-state index is 0.122. The molecule has 0 amide bonds. The van der Waals surface area contributed by atoms with E-state index < -0.39 is 0 Å². The number of hydrogen-bond donors (Lipinski definition) is 0. The van der Waals surface area contributed by atoms with E-state index >= 15 is 0 Å². The average molecular weight is 387 g/mol. The highest BCUT2D eigenvalue weighted by molar-refractivity contribution is 9.09. The standard InChI is InChI=1S/C14H17Br2N3/c1-19-9-13(17-18-19)8-14(10-15,11-16)7-12-5-3-2-4-6-12/h2-6,9H,7-8,10-11H2,1H3. The predicted molar refractivity (Wildman–Crippen MR) is 84.9 cm³/mol. The van der Waals surface area contributed by atoms with Gasteiger partial charge in [0.05, 0.1) is 5.69 Å². The van der Waals surface area contributed by atoms with Gasteiger partial charge in [0.1, 0.15) is 0 Å². The van der Waals surface area contributed by atoms with Gasteiger partial charge in [-0.3, -0.25) is 4.68 Å². The lowest BCUT2D eigenvalue weighted by Crippen LogP contribution is -2.30. The molecule has 0 atom stereocenters. The Labute approximate surface area is 130 Å². The van der Waals surface area contributed by atoms with Crippen LogP contribution in [0.4, 0.5) is 0 Å². The van der Waals surface area contributed by atoms with Gasteiger partial charge in [-0.25, -0.2) is 0 Å². The Kier molecular flexibility index (Phi) is 5.16. The minimum absolute atomic E-state index is 0.122. The molecule has 5 heteroatoms. The first kappa shape index (κ1) is 14.7. The maximum absolute atomic E-state index is 4.21. The van der Waals surface area contributed by atoms with Crippen LogP contribution in [0.5, 0.6) is 0 Å². The van der Waals surface area contributed by atoms with E-state index in [1.807, 2.05) is 13.2 Å². The molecule has 0 unspecified atom stereocenters. The summed E-state index contributed by atoms with van der Waals surface area (Å²) in [7, 11) is 1.90. The lowest BCUT2D eigenvalue weighted by atomic mass is 9.81. The van der Waals surface area contributed by atoms with Crippen LogP contribution in [0.1, 0.15) is 11.3 Å². The molecule has 0 radical (unpaired) electrons. The van der Waals surface area contributed by atoms with Crippen LogP contribution in [0.25, 0.3) is 0 Å². The zero-order valence-corrected chi connectivity index (χ0v) is 14.1. The summed E-state index contributed by atoms with van der Waals surface area (Å²) in [6.45, 7) is 0. The van der Waals surface area contributed by atoms with Crippen molar-refractivity contribution in [2.24, 2.45) is 12.5 Å². The molecule has 0 aliphatic rings. The third-order valence-corrected chi connectivity index (χ3v) is 5.57. The number of aryl methyl sites for hydroxylation is 1. The number of aromatic nitrogens is 3. The summed E-state index contributed by atoms with van der Waals surface area (Å²) in [5.41, 5.74) is 2.51. The Hall–Kier alpha value is -0.680. The normalized spacial score (nSPS) is 11.7. The number of benzene rings is 1. The van der Waals surface area contributed by atoms with Crippen molar-refractivity contribution >= 4 is 31.9 Å². The van der Waals surface area contributed by atoms with E-state index in [0.29, 0.717) is 0 Å². The molecule has 0 saturated heterocycles. The van der Waals surface area contributed by atoms with Crippen LogP contribution in [-0.4, -0.2) is 25.7 Å². The van der Waals surface area contributed by atoms with E-state index in [1.54, 1.807) is 4.68 Å². The Bertz CT molecular complexity index is 506. The molecule has 1 aromatic carbocycles. The third-order valence-electron chi connectivity index (χ3n) is 3.20. The van der Waals surface area contributed by atoms with Crippen molar-refractivity contribution in [3.05, 3.63) is 47.8 Å². The fourth-order valence-electron chi connectivity index (χ4n) is 2.18. The number of nitrogens with zero attached hydrogens (tertiary/aromatic N) is 3. The SMILES string of the molecule is Cn1cc(CC(CBr)(CBr)Cc2ccccc2)nn1. The molecule has 2 aromatic rings. The molecule has 0 N–H and O–H groups in total. The van der Waals surface area contributed by atoms with Crippen LogP contribution in [0.15, 0.2) is 36.5 Å². The first-order valence-electron chi connectivity index (χ1n) is 6.18. The molecule has 0 fully saturated rings. The quantitative estimate of drug-likeness (QED) is 0.712. The second-order valence-corrected chi connectivity index (χ2v) is 6.11. The van der Waals surface area contributed by atoms with E-state index in [9.17, 15) is 0 Å². The largest absolute Gasteiger partial charge is 0.255 e. The fraction of sp³-hybridized carbons (Fsp3) is 0.429. The van der Waals surface area contributed by atoms with Gasteiger partial charge >= 0.3 is 0 Å². The van der Waals surface area contributed by atoms with Crippen LogP contribution in [0.2, 0.25) is 0 Å². The molecule has 2 rings (SSSR count). The summed E-state index contributed by atoms with van der Waals surface area (Å²) >= 11 is 7.34. The van der Waals surface area contributed by atoms with E-state index in [1.165, 1.54) is 5.56 Å². The topological polar surface area (TPSA) is 30.7 Å². The number of halogens is 2. The van der Waals surface area contributed by atoms with E-state index in [0.717, 1.165) is 29.2 Å².